The van der Waals surface area contributed by atoms with Crippen molar-refractivity contribution in [2.24, 2.45) is 0 Å². The van der Waals surface area contributed by atoms with Gasteiger partial charge in [-0.3, -0.25) is 0 Å². The van der Waals surface area contributed by atoms with Crippen LogP contribution in [0, 0.1) is 0 Å². The molecule has 0 aliphatic rings. The molecule has 0 saturated carbocycles. The molecular weight excluding hydrogens is 165 g/mol. The van der Waals surface area contributed by atoms with Gasteiger partial charge in [0.25, 0.3) is 0 Å². The normalized spacial score (nSPS) is 9.82. The van der Waals surface area contributed by atoms with Crippen LogP contribution < -0.4 is 56.5 Å². The van der Waals surface area contributed by atoms with Crippen LogP contribution in [0.5, 0.6) is 0 Å². The van der Waals surface area contributed by atoms with Crippen molar-refractivity contribution in [3.8, 4) is 0 Å². The van der Waals surface area contributed by atoms with Crippen molar-refractivity contribution < 1.29 is 56.5 Å². The van der Waals surface area contributed by atoms with Crippen LogP contribution in [-0.2, 0) is 0 Å². The zero-order valence-electron chi connectivity index (χ0n) is 8.10. The number of nitrogens with zero attached hydrogens (tertiary/aromatic N) is 1. The van der Waals surface area contributed by atoms with Crippen molar-refractivity contribution >= 4 is 0 Å². The second kappa shape index (κ2) is 11.6. The fraction of sp³-hybridized carbons (Fsp3) is 1.00. The third kappa shape index (κ3) is 9.47. The zero-order chi connectivity index (χ0) is 7.82. The van der Waals surface area contributed by atoms with E-state index in [4.69, 9.17) is 0 Å². The summed E-state index contributed by atoms with van der Waals surface area (Å²) in [6.45, 7) is 7.57. The summed E-state index contributed by atoms with van der Waals surface area (Å²) >= 11 is 0. The van der Waals surface area contributed by atoms with Gasteiger partial charge in [-0.1, -0.05) is 20.3 Å². The van der Waals surface area contributed by atoms with Crippen molar-refractivity contribution in [3.63, 3.8) is 0 Å². The Bertz CT molecular complexity index is 71.1. The van der Waals surface area contributed by atoms with Gasteiger partial charge in [-0.15, -0.1) is 6.61 Å². The van der Waals surface area contributed by atoms with Crippen LogP contribution in [0.4, 0.5) is 0 Å². The molecule has 0 rings (SSSR count). The summed E-state index contributed by atoms with van der Waals surface area (Å²) < 4.78 is 0. The number of rotatable bonds is 6. The molecule has 0 aliphatic heterocycles. The predicted octanol–water partition coefficient (Wildman–Crippen LogP) is -2.53. The van der Waals surface area contributed by atoms with E-state index in [-0.39, 0.29) is 58.0 Å². The summed E-state index contributed by atoms with van der Waals surface area (Å²) in [6.07, 6.45) is 1.99. The Morgan fingerprint density at radius 3 is 2.18 bits per heavy atom. The Morgan fingerprint density at radius 1 is 1.18 bits per heavy atom. The standard InChI is InChI=1S/C8H18NO.K/c1-3-6-9(4-2)7-5-8-10;/h3-8H2,1-2H3;/q-1;+1. The zero-order valence-corrected chi connectivity index (χ0v) is 11.2. The number of hydrogen-bond donors (Lipinski definition) is 0. The summed E-state index contributed by atoms with van der Waals surface area (Å²) in [6, 6.07) is 0. The van der Waals surface area contributed by atoms with E-state index >= 15 is 0 Å². The van der Waals surface area contributed by atoms with E-state index < -0.39 is 0 Å². The van der Waals surface area contributed by atoms with Crippen LogP contribution in [0.1, 0.15) is 26.7 Å². The minimum absolute atomic E-state index is 0. The molecule has 0 saturated heterocycles. The molecule has 0 atom stereocenters. The molecule has 0 unspecified atom stereocenters. The van der Waals surface area contributed by atoms with Crippen LogP contribution in [0.25, 0.3) is 0 Å². The van der Waals surface area contributed by atoms with Crippen molar-refractivity contribution in [2.75, 3.05) is 26.2 Å². The molecule has 0 N–H and O–H groups in total. The van der Waals surface area contributed by atoms with Gasteiger partial charge in [0.15, 0.2) is 0 Å². The first kappa shape index (κ1) is 15.0. The maximum absolute atomic E-state index is 10.1. The Hall–Kier alpha value is 1.56. The molecule has 0 aliphatic carbocycles. The summed E-state index contributed by atoms with van der Waals surface area (Å²) in [5.41, 5.74) is 0. The quantitative estimate of drug-likeness (QED) is 0.425. The Balaban J connectivity index is 0. The van der Waals surface area contributed by atoms with E-state index in [9.17, 15) is 5.11 Å². The average Bonchev–Trinajstić information content (AvgIpc) is 1.98. The molecule has 0 amide bonds. The van der Waals surface area contributed by atoms with E-state index in [2.05, 4.69) is 18.7 Å². The SMILES string of the molecule is CCCN(CC)CCC[O-].[K+]. The van der Waals surface area contributed by atoms with Gasteiger partial charge in [-0.2, -0.15) is 0 Å². The molecule has 0 aromatic heterocycles. The fourth-order valence-electron chi connectivity index (χ4n) is 1.03. The van der Waals surface area contributed by atoms with Crippen molar-refractivity contribution in [2.45, 2.75) is 26.7 Å². The van der Waals surface area contributed by atoms with Gasteiger partial charge in [-0.25, -0.2) is 0 Å². The van der Waals surface area contributed by atoms with Gasteiger partial charge < -0.3 is 10.0 Å². The van der Waals surface area contributed by atoms with E-state index in [1.165, 1.54) is 6.42 Å². The largest absolute Gasteiger partial charge is 1.00 e. The molecule has 0 spiro atoms. The molecule has 62 valence electrons. The maximum atomic E-state index is 10.1. The molecule has 0 radical (unpaired) electrons. The monoisotopic (exact) mass is 183 g/mol. The minimum Gasteiger partial charge on any atom is -0.854 e. The maximum Gasteiger partial charge on any atom is 1.00 e. The predicted molar refractivity (Wildman–Crippen MR) is 41.9 cm³/mol. The summed E-state index contributed by atoms with van der Waals surface area (Å²) in [5, 5.41) is 10.1. The van der Waals surface area contributed by atoms with Gasteiger partial charge in [0.05, 0.1) is 0 Å². The molecule has 3 heteroatoms. The van der Waals surface area contributed by atoms with Gasteiger partial charge in [-0.05, 0) is 26.1 Å². The first-order chi connectivity index (χ1) is 4.85. The van der Waals surface area contributed by atoms with E-state index in [1.807, 2.05) is 0 Å². The van der Waals surface area contributed by atoms with Crippen LogP contribution in [0.3, 0.4) is 0 Å². The third-order valence-electron chi connectivity index (χ3n) is 1.61. The Kier molecular flexibility index (Phi) is 15.8. The summed E-state index contributed by atoms with van der Waals surface area (Å²) in [4.78, 5) is 2.32. The molecule has 0 fully saturated rings. The molecule has 2 nitrogen and oxygen atoms in total. The van der Waals surface area contributed by atoms with Gasteiger partial charge in [0.1, 0.15) is 0 Å². The topological polar surface area (TPSA) is 26.3 Å². The third-order valence-corrected chi connectivity index (χ3v) is 1.61. The van der Waals surface area contributed by atoms with Gasteiger partial charge in [0.2, 0.25) is 0 Å². The molecule has 0 heterocycles. The van der Waals surface area contributed by atoms with Gasteiger partial charge in [0, 0.05) is 0 Å². The first-order valence-electron chi connectivity index (χ1n) is 4.15. The van der Waals surface area contributed by atoms with Crippen LogP contribution in [0.15, 0.2) is 0 Å². The van der Waals surface area contributed by atoms with Crippen molar-refractivity contribution in [3.05, 3.63) is 0 Å². The summed E-state index contributed by atoms with van der Waals surface area (Å²) in [7, 11) is 0. The fourth-order valence-corrected chi connectivity index (χ4v) is 1.03. The molecule has 11 heavy (non-hydrogen) atoms. The second-order valence-corrected chi connectivity index (χ2v) is 2.49. The second-order valence-electron chi connectivity index (χ2n) is 2.49. The molecule has 0 aromatic rings. The molecule has 0 bridgehead atoms. The van der Waals surface area contributed by atoms with E-state index in [1.54, 1.807) is 0 Å². The van der Waals surface area contributed by atoms with Crippen molar-refractivity contribution in [1.29, 1.82) is 0 Å². The number of hydrogen-bond acceptors (Lipinski definition) is 2. The molecular formula is C8H18KNO. The Morgan fingerprint density at radius 2 is 1.82 bits per heavy atom. The Labute approximate surface area is 113 Å². The minimum atomic E-state index is 0. The van der Waals surface area contributed by atoms with Crippen LogP contribution in [0.2, 0.25) is 0 Å². The van der Waals surface area contributed by atoms with E-state index in [0.717, 1.165) is 26.1 Å². The molecule has 0 aromatic carbocycles. The first-order valence-corrected chi connectivity index (χ1v) is 4.15. The van der Waals surface area contributed by atoms with Crippen LogP contribution in [-0.4, -0.2) is 31.1 Å². The van der Waals surface area contributed by atoms with Crippen LogP contribution >= 0.6 is 0 Å². The summed E-state index contributed by atoms with van der Waals surface area (Å²) in [5.74, 6) is 0. The van der Waals surface area contributed by atoms with Gasteiger partial charge >= 0.3 is 51.4 Å². The average molecular weight is 183 g/mol. The van der Waals surface area contributed by atoms with E-state index in [0.29, 0.717) is 0 Å². The van der Waals surface area contributed by atoms with Crippen molar-refractivity contribution in [1.82, 2.24) is 4.90 Å². The smallest absolute Gasteiger partial charge is 0.854 e.